The van der Waals surface area contributed by atoms with Gasteiger partial charge in [0.05, 0.1) is 0 Å². The molecule has 0 aromatic heterocycles. The maximum Gasteiger partial charge on any atom is 0.0198 e. The van der Waals surface area contributed by atoms with E-state index >= 15 is 0 Å². The zero-order chi connectivity index (χ0) is 12.4. The van der Waals surface area contributed by atoms with Crippen LogP contribution in [0.25, 0.3) is 0 Å². The van der Waals surface area contributed by atoms with Crippen LogP contribution in [0.1, 0.15) is 64.7 Å². The van der Waals surface area contributed by atoms with Crippen molar-refractivity contribution in [3.63, 3.8) is 0 Å². The minimum atomic E-state index is 0.811. The first kappa shape index (κ1) is 12.9. The Labute approximate surface area is 113 Å². The largest absolute Gasteiger partial charge is 0.310 e. The molecule has 2 bridgehead atoms. The van der Waals surface area contributed by atoms with E-state index in [1.165, 1.54) is 70.9 Å². The van der Waals surface area contributed by atoms with E-state index in [4.69, 9.17) is 0 Å². The molecule has 0 aromatic carbocycles. The SMILES string of the molecule is CCCC1CCC(N2CCC3CCC(C2)N3)CC1. The highest BCUT2D eigenvalue weighted by atomic mass is 15.2. The molecule has 1 saturated carbocycles. The molecule has 3 aliphatic rings. The molecule has 3 rings (SSSR count). The van der Waals surface area contributed by atoms with Crippen LogP contribution in [0.2, 0.25) is 0 Å². The lowest BCUT2D eigenvalue weighted by Gasteiger charge is -2.37. The average Bonchev–Trinajstić information content (AvgIpc) is 2.71. The molecule has 104 valence electrons. The summed E-state index contributed by atoms with van der Waals surface area (Å²) < 4.78 is 0. The van der Waals surface area contributed by atoms with Crippen molar-refractivity contribution in [3.8, 4) is 0 Å². The Balaban J connectivity index is 1.50. The van der Waals surface area contributed by atoms with Gasteiger partial charge in [-0.05, 0) is 57.4 Å². The van der Waals surface area contributed by atoms with Crippen molar-refractivity contribution in [1.29, 1.82) is 0 Å². The first-order valence-electron chi connectivity index (χ1n) is 8.35. The molecule has 0 spiro atoms. The van der Waals surface area contributed by atoms with Gasteiger partial charge in [0, 0.05) is 24.7 Å². The third kappa shape index (κ3) is 2.91. The molecular weight excluding hydrogens is 220 g/mol. The summed E-state index contributed by atoms with van der Waals surface area (Å²) in [6.07, 6.45) is 13.0. The van der Waals surface area contributed by atoms with Crippen LogP contribution in [0.5, 0.6) is 0 Å². The molecule has 1 N–H and O–H groups in total. The third-order valence-electron chi connectivity index (χ3n) is 5.58. The van der Waals surface area contributed by atoms with Gasteiger partial charge < -0.3 is 5.32 Å². The van der Waals surface area contributed by atoms with Gasteiger partial charge in [-0.15, -0.1) is 0 Å². The predicted molar refractivity (Wildman–Crippen MR) is 76.8 cm³/mol. The van der Waals surface area contributed by atoms with Crippen LogP contribution in [0.3, 0.4) is 0 Å². The highest BCUT2D eigenvalue weighted by Gasteiger charge is 2.33. The second-order valence-corrected chi connectivity index (χ2v) is 6.88. The summed E-state index contributed by atoms with van der Waals surface area (Å²) in [5.41, 5.74) is 0. The lowest BCUT2D eigenvalue weighted by molar-refractivity contribution is 0.128. The van der Waals surface area contributed by atoms with Gasteiger partial charge in [0.2, 0.25) is 0 Å². The van der Waals surface area contributed by atoms with E-state index in [2.05, 4.69) is 17.1 Å². The third-order valence-corrected chi connectivity index (χ3v) is 5.58. The molecule has 0 aromatic rings. The molecule has 2 aliphatic heterocycles. The van der Waals surface area contributed by atoms with Crippen molar-refractivity contribution in [2.24, 2.45) is 5.92 Å². The van der Waals surface area contributed by atoms with E-state index in [1.54, 1.807) is 0 Å². The fraction of sp³-hybridized carbons (Fsp3) is 1.00. The summed E-state index contributed by atoms with van der Waals surface area (Å²) in [5, 5.41) is 3.81. The molecule has 0 amide bonds. The molecular formula is C16H30N2. The molecule has 0 radical (unpaired) electrons. The molecule has 2 unspecified atom stereocenters. The lowest BCUT2D eigenvalue weighted by atomic mass is 9.82. The Morgan fingerprint density at radius 2 is 1.72 bits per heavy atom. The lowest BCUT2D eigenvalue weighted by Crippen LogP contribution is -2.43. The van der Waals surface area contributed by atoms with Crippen LogP contribution in [0, 0.1) is 5.92 Å². The quantitative estimate of drug-likeness (QED) is 0.827. The summed E-state index contributed by atoms with van der Waals surface area (Å²) in [5.74, 6) is 1.05. The maximum atomic E-state index is 3.81. The molecule has 2 atom stereocenters. The van der Waals surface area contributed by atoms with Gasteiger partial charge in [0.25, 0.3) is 0 Å². The maximum absolute atomic E-state index is 3.81. The Bertz CT molecular complexity index is 258. The van der Waals surface area contributed by atoms with Crippen LogP contribution < -0.4 is 5.32 Å². The van der Waals surface area contributed by atoms with Crippen molar-refractivity contribution in [2.75, 3.05) is 13.1 Å². The van der Waals surface area contributed by atoms with Crippen LogP contribution in [0.4, 0.5) is 0 Å². The highest BCUT2D eigenvalue weighted by molar-refractivity contribution is 4.92. The zero-order valence-corrected chi connectivity index (χ0v) is 12.0. The first-order valence-corrected chi connectivity index (χ1v) is 8.35. The standard InChI is InChI=1S/C16H30N2/c1-2-3-13-4-8-16(9-5-13)18-11-10-14-6-7-15(12-18)17-14/h13-17H,2-12H2,1H3. The van der Waals surface area contributed by atoms with Crippen molar-refractivity contribution in [1.82, 2.24) is 10.2 Å². The van der Waals surface area contributed by atoms with Crippen molar-refractivity contribution < 1.29 is 0 Å². The number of likely N-dealkylation sites (tertiary alicyclic amines) is 1. The Morgan fingerprint density at radius 3 is 2.50 bits per heavy atom. The fourth-order valence-electron chi connectivity index (χ4n) is 4.51. The van der Waals surface area contributed by atoms with Crippen LogP contribution in [0.15, 0.2) is 0 Å². The molecule has 3 fully saturated rings. The first-order chi connectivity index (χ1) is 8.85. The summed E-state index contributed by atoms with van der Waals surface area (Å²) in [4.78, 5) is 2.83. The number of fused-ring (bicyclic) bond motifs is 2. The molecule has 1 aliphatic carbocycles. The van der Waals surface area contributed by atoms with E-state index in [0.29, 0.717) is 0 Å². The Kier molecular flexibility index (Phi) is 4.25. The van der Waals surface area contributed by atoms with Gasteiger partial charge >= 0.3 is 0 Å². The minimum absolute atomic E-state index is 0.811. The van der Waals surface area contributed by atoms with Crippen LogP contribution in [-0.4, -0.2) is 36.1 Å². The van der Waals surface area contributed by atoms with Crippen LogP contribution >= 0.6 is 0 Å². The predicted octanol–water partition coefficient (Wildman–Crippen LogP) is 3.17. The summed E-state index contributed by atoms with van der Waals surface area (Å²) in [7, 11) is 0. The number of nitrogens with zero attached hydrogens (tertiary/aromatic N) is 1. The number of hydrogen-bond acceptors (Lipinski definition) is 2. The summed E-state index contributed by atoms with van der Waals surface area (Å²) in [6, 6.07) is 2.57. The second kappa shape index (κ2) is 5.92. The van der Waals surface area contributed by atoms with E-state index in [-0.39, 0.29) is 0 Å². The van der Waals surface area contributed by atoms with Gasteiger partial charge in [-0.1, -0.05) is 19.8 Å². The molecule has 2 heterocycles. The van der Waals surface area contributed by atoms with Crippen molar-refractivity contribution >= 4 is 0 Å². The average molecular weight is 250 g/mol. The normalized spacial score (nSPS) is 41.8. The Morgan fingerprint density at radius 1 is 0.944 bits per heavy atom. The topological polar surface area (TPSA) is 15.3 Å². The van der Waals surface area contributed by atoms with Gasteiger partial charge in [0.15, 0.2) is 0 Å². The smallest absolute Gasteiger partial charge is 0.0198 e. The highest BCUT2D eigenvalue weighted by Crippen LogP contribution is 2.32. The second-order valence-electron chi connectivity index (χ2n) is 6.88. The minimum Gasteiger partial charge on any atom is -0.310 e. The Hall–Kier alpha value is -0.0800. The molecule has 2 heteroatoms. The monoisotopic (exact) mass is 250 g/mol. The zero-order valence-electron chi connectivity index (χ0n) is 12.0. The van der Waals surface area contributed by atoms with Crippen molar-refractivity contribution in [2.45, 2.75) is 82.8 Å². The summed E-state index contributed by atoms with van der Waals surface area (Å²) >= 11 is 0. The van der Waals surface area contributed by atoms with Gasteiger partial charge in [-0.2, -0.15) is 0 Å². The van der Waals surface area contributed by atoms with Crippen LogP contribution in [-0.2, 0) is 0 Å². The van der Waals surface area contributed by atoms with E-state index in [1.807, 2.05) is 0 Å². The summed E-state index contributed by atoms with van der Waals surface area (Å²) in [6.45, 7) is 5.03. The van der Waals surface area contributed by atoms with E-state index < -0.39 is 0 Å². The number of hydrogen-bond donors (Lipinski definition) is 1. The fourth-order valence-corrected chi connectivity index (χ4v) is 4.51. The van der Waals surface area contributed by atoms with Crippen molar-refractivity contribution in [3.05, 3.63) is 0 Å². The van der Waals surface area contributed by atoms with Gasteiger partial charge in [0.1, 0.15) is 0 Å². The number of rotatable bonds is 3. The molecule has 2 nitrogen and oxygen atoms in total. The van der Waals surface area contributed by atoms with E-state index in [0.717, 1.165) is 24.0 Å². The van der Waals surface area contributed by atoms with Gasteiger partial charge in [-0.3, -0.25) is 4.90 Å². The molecule has 18 heavy (non-hydrogen) atoms. The number of nitrogens with one attached hydrogen (secondary N) is 1. The van der Waals surface area contributed by atoms with Gasteiger partial charge in [-0.25, -0.2) is 0 Å². The molecule has 2 saturated heterocycles. The van der Waals surface area contributed by atoms with E-state index in [9.17, 15) is 0 Å².